The number of alkyl halides is 3. The lowest BCUT2D eigenvalue weighted by Crippen LogP contribution is -2.18. The number of hydrogen-bond donors (Lipinski definition) is 1. The highest BCUT2D eigenvalue weighted by molar-refractivity contribution is 5.63. The maximum Gasteiger partial charge on any atom is 0.417 e. The molecule has 0 unspecified atom stereocenters. The molecular formula is C14H15F3N2O2. The molecule has 0 radical (unpaired) electrons. The summed E-state index contributed by atoms with van der Waals surface area (Å²) in [4.78, 5) is 0. The van der Waals surface area contributed by atoms with E-state index in [9.17, 15) is 13.2 Å². The van der Waals surface area contributed by atoms with E-state index in [2.05, 4.69) is 10.5 Å². The molecule has 21 heavy (non-hydrogen) atoms. The average Bonchev–Trinajstić information content (AvgIpc) is 2.91. The van der Waals surface area contributed by atoms with Crippen molar-refractivity contribution in [2.75, 3.05) is 20.3 Å². The van der Waals surface area contributed by atoms with Crippen LogP contribution in [0.4, 0.5) is 13.2 Å². The van der Waals surface area contributed by atoms with Crippen LogP contribution in [0.5, 0.6) is 0 Å². The molecule has 0 saturated carbocycles. The second kappa shape index (κ2) is 6.73. The Morgan fingerprint density at radius 1 is 1.29 bits per heavy atom. The fourth-order valence-electron chi connectivity index (χ4n) is 1.86. The fourth-order valence-corrected chi connectivity index (χ4v) is 1.86. The highest BCUT2D eigenvalue weighted by atomic mass is 19.4. The Hall–Kier alpha value is -1.86. The Labute approximate surface area is 119 Å². The number of hydrogen-bond acceptors (Lipinski definition) is 4. The van der Waals surface area contributed by atoms with E-state index in [0.29, 0.717) is 25.4 Å². The minimum absolute atomic E-state index is 0.0133. The zero-order valence-electron chi connectivity index (χ0n) is 11.4. The van der Waals surface area contributed by atoms with E-state index in [4.69, 9.17) is 9.26 Å². The lowest BCUT2D eigenvalue weighted by atomic mass is 10.0. The third-order valence-electron chi connectivity index (χ3n) is 2.85. The first-order valence-electron chi connectivity index (χ1n) is 6.34. The van der Waals surface area contributed by atoms with E-state index in [-0.39, 0.29) is 11.3 Å². The fraction of sp³-hybridized carbons (Fsp3) is 0.357. The normalized spacial score (nSPS) is 11.8. The van der Waals surface area contributed by atoms with Crippen LogP contribution >= 0.6 is 0 Å². The Kier molecular flexibility index (Phi) is 4.98. The smallest absolute Gasteiger partial charge is 0.383 e. The lowest BCUT2D eigenvalue weighted by molar-refractivity contribution is -0.137. The first-order chi connectivity index (χ1) is 10.0. The molecule has 1 N–H and O–H groups in total. The molecule has 114 valence electrons. The Morgan fingerprint density at radius 3 is 2.76 bits per heavy atom. The predicted octanol–water partition coefficient (Wildman–Crippen LogP) is 3.10. The van der Waals surface area contributed by atoms with E-state index >= 15 is 0 Å². The van der Waals surface area contributed by atoms with Crippen LogP contribution in [0.2, 0.25) is 0 Å². The van der Waals surface area contributed by atoms with Crippen molar-refractivity contribution in [3.63, 3.8) is 0 Å². The maximum absolute atomic E-state index is 12.9. The molecule has 0 amide bonds. The first-order valence-corrected chi connectivity index (χ1v) is 6.34. The number of nitrogens with one attached hydrogen (secondary N) is 1. The molecule has 1 aromatic carbocycles. The van der Waals surface area contributed by atoms with E-state index in [1.807, 2.05) is 0 Å². The molecule has 0 aliphatic carbocycles. The molecule has 0 saturated heterocycles. The maximum atomic E-state index is 12.9. The van der Waals surface area contributed by atoms with Gasteiger partial charge in [0.1, 0.15) is 0 Å². The van der Waals surface area contributed by atoms with Gasteiger partial charge in [-0.25, -0.2) is 0 Å². The predicted molar refractivity (Wildman–Crippen MR) is 70.5 cm³/mol. The molecule has 0 fully saturated rings. The van der Waals surface area contributed by atoms with E-state index in [1.54, 1.807) is 7.11 Å². The Balaban J connectivity index is 2.15. The number of nitrogens with zero attached hydrogens (tertiary/aromatic N) is 1. The van der Waals surface area contributed by atoms with Crippen molar-refractivity contribution in [3.8, 4) is 11.3 Å². The summed E-state index contributed by atoms with van der Waals surface area (Å²) >= 11 is 0. The summed E-state index contributed by atoms with van der Waals surface area (Å²) in [5, 5.41) is 6.81. The molecule has 0 spiro atoms. The van der Waals surface area contributed by atoms with Gasteiger partial charge >= 0.3 is 6.18 Å². The number of ether oxygens (including phenoxy) is 1. The molecule has 1 heterocycles. The van der Waals surface area contributed by atoms with Crippen molar-refractivity contribution in [1.29, 1.82) is 0 Å². The van der Waals surface area contributed by atoms with Gasteiger partial charge < -0.3 is 14.6 Å². The van der Waals surface area contributed by atoms with Crippen LogP contribution in [0.15, 0.2) is 34.9 Å². The van der Waals surface area contributed by atoms with Crippen molar-refractivity contribution in [2.45, 2.75) is 12.7 Å². The van der Waals surface area contributed by atoms with Crippen LogP contribution in [-0.2, 0) is 17.5 Å². The van der Waals surface area contributed by atoms with Gasteiger partial charge in [-0.15, -0.1) is 0 Å². The molecule has 7 heteroatoms. The second-order valence-corrected chi connectivity index (χ2v) is 4.40. The van der Waals surface area contributed by atoms with Crippen LogP contribution in [0.3, 0.4) is 0 Å². The van der Waals surface area contributed by atoms with Gasteiger partial charge in [0.2, 0.25) is 0 Å². The SMILES string of the molecule is COCCNCc1cc(-c2ccccc2C(F)(F)F)on1. The van der Waals surface area contributed by atoms with Crippen LogP contribution < -0.4 is 5.32 Å². The van der Waals surface area contributed by atoms with Gasteiger partial charge in [0.25, 0.3) is 0 Å². The second-order valence-electron chi connectivity index (χ2n) is 4.40. The first kappa shape index (κ1) is 15.5. The van der Waals surface area contributed by atoms with Crippen molar-refractivity contribution in [1.82, 2.24) is 10.5 Å². The molecule has 2 aromatic rings. The summed E-state index contributed by atoms with van der Waals surface area (Å²) in [7, 11) is 1.59. The standard InChI is InChI=1S/C14H15F3N2O2/c1-20-7-6-18-9-10-8-13(21-19-10)11-4-2-3-5-12(11)14(15,16)17/h2-5,8,18H,6-7,9H2,1H3. The van der Waals surface area contributed by atoms with Crippen LogP contribution in [0, 0.1) is 0 Å². The average molecular weight is 300 g/mol. The van der Waals surface area contributed by atoms with Gasteiger partial charge in [-0.05, 0) is 6.07 Å². The molecule has 0 aliphatic rings. The number of benzene rings is 1. The molecule has 0 aliphatic heterocycles. The topological polar surface area (TPSA) is 47.3 Å². The Morgan fingerprint density at radius 2 is 2.05 bits per heavy atom. The van der Waals surface area contributed by atoms with Crippen LogP contribution in [0.25, 0.3) is 11.3 Å². The summed E-state index contributed by atoms with van der Waals surface area (Å²) in [6.07, 6.45) is -4.43. The number of halogens is 3. The van der Waals surface area contributed by atoms with Gasteiger partial charge in [-0.2, -0.15) is 13.2 Å². The number of rotatable bonds is 6. The highest BCUT2D eigenvalue weighted by Crippen LogP contribution is 2.36. The van der Waals surface area contributed by atoms with Crippen molar-refractivity contribution < 1.29 is 22.4 Å². The number of aromatic nitrogens is 1. The van der Waals surface area contributed by atoms with Gasteiger partial charge in [-0.3, -0.25) is 0 Å². The molecule has 0 bridgehead atoms. The molecule has 0 atom stereocenters. The molecule has 4 nitrogen and oxygen atoms in total. The third kappa shape index (κ3) is 4.05. The van der Waals surface area contributed by atoms with Crippen molar-refractivity contribution in [2.24, 2.45) is 0 Å². The van der Waals surface area contributed by atoms with Gasteiger partial charge in [0.15, 0.2) is 5.76 Å². The minimum Gasteiger partial charge on any atom is -0.383 e. The number of methoxy groups -OCH3 is 1. The summed E-state index contributed by atoms with van der Waals surface area (Å²) in [5.74, 6) is 0.103. The molecular weight excluding hydrogens is 285 g/mol. The van der Waals surface area contributed by atoms with E-state index in [0.717, 1.165) is 6.07 Å². The van der Waals surface area contributed by atoms with E-state index in [1.165, 1.54) is 24.3 Å². The third-order valence-corrected chi connectivity index (χ3v) is 2.85. The summed E-state index contributed by atoms with van der Waals surface area (Å²) in [5.41, 5.74) is -0.209. The zero-order chi connectivity index (χ0) is 15.3. The lowest BCUT2D eigenvalue weighted by Gasteiger charge is -2.09. The summed E-state index contributed by atoms with van der Waals surface area (Å²) in [6.45, 7) is 1.57. The quantitative estimate of drug-likeness (QED) is 0.833. The monoisotopic (exact) mass is 300 g/mol. The summed E-state index contributed by atoms with van der Waals surface area (Å²) in [6, 6.07) is 6.77. The van der Waals surface area contributed by atoms with Crippen molar-refractivity contribution >= 4 is 0 Å². The van der Waals surface area contributed by atoms with Crippen LogP contribution in [0.1, 0.15) is 11.3 Å². The zero-order valence-corrected chi connectivity index (χ0v) is 11.4. The molecule has 2 rings (SSSR count). The van der Waals surface area contributed by atoms with Crippen molar-refractivity contribution in [3.05, 3.63) is 41.6 Å². The van der Waals surface area contributed by atoms with E-state index < -0.39 is 11.7 Å². The van der Waals surface area contributed by atoms with Gasteiger partial charge in [-0.1, -0.05) is 23.4 Å². The Bertz CT molecular complexity index is 582. The highest BCUT2D eigenvalue weighted by Gasteiger charge is 2.34. The van der Waals surface area contributed by atoms with Crippen LogP contribution in [-0.4, -0.2) is 25.4 Å². The van der Waals surface area contributed by atoms with Gasteiger partial charge in [0.05, 0.1) is 17.9 Å². The minimum atomic E-state index is -4.43. The largest absolute Gasteiger partial charge is 0.417 e. The summed E-state index contributed by atoms with van der Waals surface area (Å²) < 4.78 is 48.7. The molecule has 1 aromatic heterocycles. The van der Waals surface area contributed by atoms with Gasteiger partial charge in [0, 0.05) is 31.8 Å².